The van der Waals surface area contributed by atoms with Gasteiger partial charge in [0.15, 0.2) is 11.6 Å². The van der Waals surface area contributed by atoms with Crippen molar-refractivity contribution in [2.75, 3.05) is 5.32 Å². The van der Waals surface area contributed by atoms with Gasteiger partial charge in [-0.15, -0.1) is 0 Å². The molecule has 1 heterocycles. The van der Waals surface area contributed by atoms with Crippen molar-refractivity contribution in [2.24, 2.45) is 0 Å². The molecule has 0 bridgehead atoms. The standard InChI is InChI=1S/C22H13Cl2F2N3O/c23-15-7-2-1-6-14(15)22(30)27-13-5-3-4-12(8-13)9-16(24)21-28-19-10-17(25)18(26)11-20(19)29-21/h1-11H,(H,27,30)(H,28,29)/b16-9-. The molecule has 0 atom stereocenters. The Morgan fingerprint density at radius 2 is 1.80 bits per heavy atom. The van der Waals surface area contributed by atoms with Crippen molar-refractivity contribution in [2.45, 2.75) is 0 Å². The summed E-state index contributed by atoms with van der Waals surface area (Å²) in [5.41, 5.74) is 2.19. The number of hydrogen-bond acceptors (Lipinski definition) is 2. The van der Waals surface area contributed by atoms with E-state index in [2.05, 4.69) is 15.3 Å². The fourth-order valence-electron chi connectivity index (χ4n) is 2.88. The fourth-order valence-corrected chi connectivity index (χ4v) is 3.32. The highest BCUT2D eigenvalue weighted by Gasteiger charge is 2.12. The van der Waals surface area contributed by atoms with Crippen LogP contribution in [0.2, 0.25) is 5.02 Å². The molecule has 2 N–H and O–H groups in total. The minimum atomic E-state index is -0.984. The lowest BCUT2D eigenvalue weighted by Gasteiger charge is -2.07. The van der Waals surface area contributed by atoms with Crippen LogP contribution in [0.25, 0.3) is 22.1 Å². The first-order chi connectivity index (χ1) is 14.4. The first-order valence-electron chi connectivity index (χ1n) is 8.79. The van der Waals surface area contributed by atoms with Gasteiger partial charge in [0, 0.05) is 17.8 Å². The normalized spacial score (nSPS) is 11.7. The van der Waals surface area contributed by atoms with E-state index in [9.17, 15) is 13.6 Å². The summed E-state index contributed by atoms with van der Waals surface area (Å²) in [6, 6.07) is 15.8. The zero-order valence-electron chi connectivity index (χ0n) is 15.2. The molecule has 3 aromatic carbocycles. The first kappa shape index (κ1) is 20.1. The molecule has 0 spiro atoms. The molecular weight excluding hydrogens is 431 g/mol. The van der Waals surface area contributed by atoms with Gasteiger partial charge in [-0.05, 0) is 35.9 Å². The molecule has 150 valence electrons. The Hall–Kier alpha value is -3.22. The Balaban J connectivity index is 1.58. The number of aromatic amines is 1. The maximum atomic E-state index is 13.4. The van der Waals surface area contributed by atoms with Gasteiger partial charge >= 0.3 is 0 Å². The van der Waals surface area contributed by atoms with E-state index in [-0.39, 0.29) is 22.3 Å². The van der Waals surface area contributed by atoms with E-state index >= 15 is 0 Å². The van der Waals surface area contributed by atoms with Crippen molar-refractivity contribution in [3.8, 4) is 0 Å². The second kappa shape index (κ2) is 8.26. The van der Waals surface area contributed by atoms with Gasteiger partial charge in [0.25, 0.3) is 5.91 Å². The maximum absolute atomic E-state index is 13.4. The Morgan fingerprint density at radius 3 is 2.60 bits per heavy atom. The number of amides is 1. The van der Waals surface area contributed by atoms with E-state index in [1.807, 2.05) is 0 Å². The number of H-pyrrole nitrogens is 1. The zero-order valence-corrected chi connectivity index (χ0v) is 16.7. The van der Waals surface area contributed by atoms with Gasteiger partial charge in [-0.25, -0.2) is 13.8 Å². The fraction of sp³-hybridized carbons (Fsp3) is 0. The van der Waals surface area contributed by atoms with Crippen LogP contribution in [0.15, 0.2) is 60.7 Å². The molecule has 0 radical (unpaired) electrons. The smallest absolute Gasteiger partial charge is 0.257 e. The SMILES string of the molecule is O=C(Nc1cccc(/C=C(\Cl)c2nc3cc(F)c(F)cc3[nH]2)c1)c1ccccc1Cl. The molecule has 8 heteroatoms. The Bertz CT molecular complexity index is 1260. The van der Waals surface area contributed by atoms with E-state index in [1.54, 1.807) is 54.6 Å². The van der Waals surface area contributed by atoms with Crippen molar-refractivity contribution < 1.29 is 13.6 Å². The molecule has 0 fully saturated rings. The van der Waals surface area contributed by atoms with Crippen LogP contribution < -0.4 is 5.32 Å². The summed E-state index contributed by atoms with van der Waals surface area (Å²) in [6.07, 6.45) is 1.62. The van der Waals surface area contributed by atoms with E-state index in [4.69, 9.17) is 23.2 Å². The van der Waals surface area contributed by atoms with Crippen molar-refractivity contribution >= 4 is 56.9 Å². The minimum Gasteiger partial charge on any atom is -0.337 e. The van der Waals surface area contributed by atoms with Crippen LogP contribution in [-0.2, 0) is 0 Å². The minimum absolute atomic E-state index is 0.238. The molecule has 0 aliphatic carbocycles. The molecule has 1 amide bonds. The number of anilines is 1. The number of halogens is 4. The van der Waals surface area contributed by atoms with Crippen LogP contribution in [0.1, 0.15) is 21.7 Å². The third kappa shape index (κ3) is 4.20. The van der Waals surface area contributed by atoms with Crippen molar-refractivity contribution in [1.82, 2.24) is 9.97 Å². The number of benzene rings is 3. The van der Waals surface area contributed by atoms with Crippen LogP contribution in [0.4, 0.5) is 14.5 Å². The van der Waals surface area contributed by atoms with E-state index < -0.39 is 11.6 Å². The average molecular weight is 444 g/mol. The van der Waals surface area contributed by atoms with E-state index in [0.717, 1.165) is 12.1 Å². The summed E-state index contributed by atoms with van der Waals surface area (Å²) in [5.74, 6) is -2.03. The maximum Gasteiger partial charge on any atom is 0.257 e. The Kier molecular flexibility index (Phi) is 5.53. The van der Waals surface area contributed by atoms with Crippen LogP contribution >= 0.6 is 23.2 Å². The molecule has 0 aliphatic heterocycles. The van der Waals surface area contributed by atoms with Crippen molar-refractivity contribution in [1.29, 1.82) is 0 Å². The molecule has 0 saturated carbocycles. The number of fused-ring (bicyclic) bond motifs is 1. The summed E-state index contributed by atoms with van der Waals surface area (Å²) >= 11 is 12.4. The highest BCUT2D eigenvalue weighted by molar-refractivity contribution is 6.50. The van der Waals surface area contributed by atoms with Gasteiger partial charge in [0.05, 0.1) is 26.7 Å². The second-order valence-electron chi connectivity index (χ2n) is 6.42. The van der Waals surface area contributed by atoms with E-state index in [0.29, 0.717) is 27.4 Å². The predicted octanol–water partition coefficient (Wildman–Crippen LogP) is 6.48. The summed E-state index contributed by atoms with van der Waals surface area (Å²) < 4.78 is 26.8. The van der Waals surface area contributed by atoms with Gasteiger partial charge < -0.3 is 10.3 Å². The molecular formula is C22H13Cl2F2N3O. The largest absolute Gasteiger partial charge is 0.337 e. The summed E-state index contributed by atoms with van der Waals surface area (Å²) in [7, 11) is 0. The number of carbonyl (C=O) groups excluding carboxylic acids is 1. The molecule has 1 aromatic heterocycles. The lowest BCUT2D eigenvalue weighted by atomic mass is 10.1. The summed E-state index contributed by atoms with van der Waals surface area (Å²) in [5, 5.41) is 3.38. The summed E-state index contributed by atoms with van der Waals surface area (Å²) in [6.45, 7) is 0. The van der Waals surface area contributed by atoms with E-state index in [1.165, 1.54) is 0 Å². The topological polar surface area (TPSA) is 57.8 Å². The average Bonchev–Trinajstić information content (AvgIpc) is 3.12. The number of imidazole rings is 1. The third-order valence-electron chi connectivity index (χ3n) is 4.31. The van der Waals surface area contributed by atoms with Gasteiger partial charge in [-0.2, -0.15) is 0 Å². The quantitative estimate of drug-likeness (QED) is 0.378. The monoisotopic (exact) mass is 443 g/mol. The van der Waals surface area contributed by atoms with Gasteiger partial charge in [0.2, 0.25) is 0 Å². The molecule has 0 saturated heterocycles. The van der Waals surface area contributed by atoms with Crippen LogP contribution in [0, 0.1) is 11.6 Å². The highest BCUT2D eigenvalue weighted by atomic mass is 35.5. The molecule has 4 rings (SSSR count). The second-order valence-corrected chi connectivity index (χ2v) is 7.23. The zero-order chi connectivity index (χ0) is 21.3. The van der Waals surface area contributed by atoms with Gasteiger partial charge in [-0.1, -0.05) is 47.5 Å². The number of aromatic nitrogens is 2. The molecule has 30 heavy (non-hydrogen) atoms. The van der Waals surface area contributed by atoms with Gasteiger partial charge in [-0.3, -0.25) is 4.79 Å². The lowest BCUT2D eigenvalue weighted by molar-refractivity contribution is 0.102. The molecule has 4 nitrogen and oxygen atoms in total. The molecule has 0 unspecified atom stereocenters. The van der Waals surface area contributed by atoms with Gasteiger partial charge in [0.1, 0.15) is 5.82 Å². The number of nitrogens with zero attached hydrogens (tertiary/aromatic N) is 1. The Labute approximate surface area is 180 Å². The summed E-state index contributed by atoms with van der Waals surface area (Å²) in [4.78, 5) is 19.5. The van der Waals surface area contributed by atoms with Crippen molar-refractivity contribution in [3.63, 3.8) is 0 Å². The number of hydrogen-bond donors (Lipinski definition) is 2. The predicted molar refractivity (Wildman–Crippen MR) is 116 cm³/mol. The highest BCUT2D eigenvalue weighted by Crippen LogP contribution is 2.25. The van der Waals surface area contributed by atoms with Crippen LogP contribution in [-0.4, -0.2) is 15.9 Å². The van der Waals surface area contributed by atoms with Crippen LogP contribution in [0.3, 0.4) is 0 Å². The lowest BCUT2D eigenvalue weighted by Crippen LogP contribution is -2.12. The van der Waals surface area contributed by atoms with Crippen molar-refractivity contribution in [3.05, 3.63) is 94.3 Å². The number of rotatable bonds is 4. The number of nitrogens with one attached hydrogen (secondary N) is 2. The first-order valence-corrected chi connectivity index (χ1v) is 9.54. The molecule has 0 aliphatic rings. The molecule has 4 aromatic rings. The van der Waals surface area contributed by atoms with Crippen LogP contribution in [0.5, 0.6) is 0 Å². The third-order valence-corrected chi connectivity index (χ3v) is 4.92. The number of carbonyl (C=O) groups is 1. The Morgan fingerprint density at radius 1 is 1.03 bits per heavy atom.